The Morgan fingerprint density at radius 3 is 1.39 bits per heavy atom. The van der Waals surface area contributed by atoms with Gasteiger partial charge in [0, 0.05) is 12.8 Å². The van der Waals surface area contributed by atoms with E-state index in [1.807, 2.05) is 21.1 Å². The molecule has 0 heterocycles. The van der Waals surface area contributed by atoms with Crippen LogP contribution in [-0.4, -0.2) is 74.9 Å². The number of likely N-dealkylation sites (N-methyl/N-ethyl adjacent to an activating group) is 1. The SMILES string of the molecule is CC/C=C\C/C=C\C/C=C\C/C=C\C/C=C\CCCCCCCCCCCC(=O)OC(COC(=O)CCCCCCC/C=C\CCCCCC)COP(=O)(O)OCC[N+](C)(C)C. The van der Waals surface area contributed by atoms with Gasteiger partial charge in [0.1, 0.15) is 19.8 Å². The molecule has 0 spiro atoms. The quantitative estimate of drug-likeness (QED) is 0.0212. The molecule has 0 amide bonds. The first-order valence-electron chi connectivity index (χ1n) is 24.7. The third-order valence-electron chi connectivity index (χ3n) is 10.2. The maximum Gasteiger partial charge on any atom is 0.472 e. The lowest BCUT2D eigenvalue weighted by Gasteiger charge is -2.24. The average molecular weight is 891 g/mol. The zero-order valence-corrected chi connectivity index (χ0v) is 41.2. The highest BCUT2D eigenvalue weighted by molar-refractivity contribution is 7.47. The predicted molar refractivity (Wildman–Crippen MR) is 261 cm³/mol. The number of unbranched alkanes of at least 4 members (excludes halogenated alkanes) is 18. The number of nitrogens with zero attached hydrogens (tertiary/aromatic N) is 1. The largest absolute Gasteiger partial charge is 0.472 e. The van der Waals surface area contributed by atoms with Crippen molar-refractivity contribution in [1.29, 1.82) is 0 Å². The first-order chi connectivity index (χ1) is 30.0. The average Bonchev–Trinajstić information content (AvgIpc) is 3.23. The maximum atomic E-state index is 12.7. The Balaban J connectivity index is 4.26. The van der Waals surface area contributed by atoms with Crippen LogP contribution in [0.1, 0.15) is 194 Å². The second-order valence-corrected chi connectivity index (χ2v) is 18.9. The van der Waals surface area contributed by atoms with Gasteiger partial charge in [0.15, 0.2) is 6.10 Å². The van der Waals surface area contributed by atoms with Gasteiger partial charge in [0.2, 0.25) is 0 Å². The third kappa shape index (κ3) is 46.9. The van der Waals surface area contributed by atoms with E-state index in [1.165, 1.54) is 64.2 Å². The summed E-state index contributed by atoms with van der Waals surface area (Å²) in [4.78, 5) is 35.5. The van der Waals surface area contributed by atoms with Gasteiger partial charge in [-0.25, -0.2) is 4.57 Å². The minimum Gasteiger partial charge on any atom is -0.462 e. The van der Waals surface area contributed by atoms with Crippen LogP contribution in [0.25, 0.3) is 0 Å². The minimum absolute atomic E-state index is 0.0261. The number of phosphoric acid groups is 1. The van der Waals surface area contributed by atoms with Crippen molar-refractivity contribution in [3.8, 4) is 0 Å². The summed E-state index contributed by atoms with van der Waals surface area (Å²) in [6, 6.07) is 0. The molecule has 2 unspecified atom stereocenters. The smallest absolute Gasteiger partial charge is 0.462 e. The van der Waals surface area contributed by atoms with Gasteiger partial charge in [-0.1, -0.05) is 170 Å². The molecule has 0 radical (unpaired) electrons. The van der Waals surface area contributed by atoms with E-state index in [0.717, 1.165) is 96.3 Å². The monoisotopic (exact) mass is 891 g/mol. The molecule has 9 nitrogen and oxygen atoms in total. The lowest BCUT2D eigenvalue weighted by Crippen LogP contribution is -2.37. The van der Waals surface area contributed by atoms with Crippen LogP contribution in [0.5, 0.6) is 0 Å². The van der Waals surface area contributed by atoms with Crippen molar-refractivity contribution in [2.24, 2.45) is 0 Å². The van der Waals surface area contributed by atoms with Crippen LogP contribution in [0, 0.1) is 0 Å². The molecule has 10 heteroatoms. The summed E-state index contributed by atoms with van der Waals surface area (Å²) in [5, 5.41) is 0. The summed E-state index contributed by atoms with van der Waals surface area (Å²) in [7, 11) is 1.46. The van der Waals surface area contributed by atoms with E-state index < -0.39 is 26.5 Å². The van der Waals surface area contributed by atoms with E-state index >= 15 is 0 Å². The summed E-state index contributed by atoms with van der Waals surface area (Å²) in [6.45, 7) is 4.27. The van der Waals surface area contributed by atoms with E-state index in [9.17, 15) is 19.0 Å². The molecule has 0 saturated carbocycles. The molecule has 0 saturated heterocycles. The molecule has 0 rings (SSSR count). The standard InChI is InChI=1S/C52H92NO8P/c1-6-8-10-12-14-16-18-20-21-22-23-24-25-26-27-28-29-30-31-33-35-37-39-41-43-45-52(55)61-50(49-60-62(56,57)59-47-46-53(3,4)5)48-58-51(54)44-42-40-38-36-34-32-19-17-15-13-11-9-7-2/h8,10,14,16-17,19-21,23-24,26-27,50H,6-7,9,11-13,15,18,22,25,28-49H2,1-5H3/p+1/b10-8-,16-14-,19-17-,21-20-,24-23-,27-26-. The molecule has 0 aromatic rings. The van der Waals surface area contributed by atoms with Crippen molar-refractivity contribution in [1.82, 2.24) is 0 Å². The van der Waals surface area contributed by atoms with Gasteiger partial charge in [-0.15, -0.1) is 0 Å². The third-order valence-corrected chi connectivity index (χ3v) is 11.2. The van der Waals surface area contributed by atoms with Crippen LogP contribution in [0.3, 0.4) is 0 Å². The van der Waals surface area contributed by atoms with Crippen LogP contribution < -0.4 is 0 Å². The molecule has 62 heavy (non-hydrogen) atoms. The van der Waals surface area contributed by atoms with Gasteiger partial charge in [0.25, 0.3) is 0 Å². The number of ether oxygens (including phenoxy) is 2. The lowest BCUT2D eigenvalue weighted by atomic mass is 10.1. The fourth-order valence-electron chi connectivity index (χ4n) is 6.39. The van der Waals surface area contributed by atoms with Crippen LogP contribution >= 0.6 is 7.82 Å². The molecule has 0 fully saturated rings. The van der Waals surface area contributed by atoms with Gasteiger partial charge in [-0.05, 0) is 83.5 Å². The van der Waals surface area contributed by atoms with Crippen molar-refractivity contribution in [3.63, 3.8) is 0 Å². The Morgan fingerprint density at radius 2 is 0.919 bits per heavy atom. The van der Waals surface area contributed by atoms with Crippen molar-refractivity contribution in [2.45, 2.75) is 200 Å². The highest BCUT2D eigenvalue weighted by atomic mass is 31.2. The number of rotatable bonds is 44. The Labute approximate surface area is 380 Å². The first kappa shape index (κ1) is 59.5. The Hall–Kier alpha value is -2.55. The van der Waals surface area contributed by atoms with E-state index in [4.69, 9.17) is 18.5 Å². The van der Waals surface area contributed by atoms with Crippen molar-refractivity contribution < 1.29 is 42.1 Å². The molecular weight excluding hydrogens is 798 g/mol. The number of carbonyl (C=O) groups is 2. The maximum absolute atomic E-state index is 12.7. The number of allylic oxidation sites excluding steroid dienone is 12. The van der Waals surface area contributed by atoms with E-state index in [1.54, 1.807) is 0 Å². The summed E-state index contributed by atoms with van der Waals surface area (Å²) < 4.78 is 34.4. The van der Waals surface area contributed by atoms with Gasteiger partial charge in [0.05, 0.1) is 27.7 Å². The molecule has 2 atom stereocenters. The highest BCUT2D eigenvalue weighted by Crippen LogP contribution is 2.43. The number of hydrogen-bond acceptors (Lipinski definition) is 7. The summed E-state index contributed by atoms with van der Waals surface area (Å²) in [5.74, 6) is -0.819. The first-order valence-corrected chi connectivity index (χ1v) is 26.2. The van der Waals surface area contributed by atoms with Crippen LogP contribution in [-0.2, 0) is 32.7 Å². The number of phosphoric ester groups is 1. The van der Waals surface area contributed by atoms with E-state index in [-0.39, 0.29) is 32.0 Å². The normalized spacial score (nSPS) is 14.1. The van der Waals surface area contributed by atoms with E-state index in [0.29, 0.717) is 17.4 Å². The van der Waals surface area contributed by atoms with Crippen LogP contribution in [0.4, 0.5) is 0 Å². The molecule has 0 aliphatic carbocycles. The summed E-state index contributed by atoms with van der Waals surface area (Å²) >= 11 is 0. The van der Waals surface area contributed by atoms with Crippen molar-refractivity contribution >= 4 is 19.8 Å². The fourth-order valence-corrected chi connectivity index (χ4v) is 7.13. The molecule has 0 aromatic heterocycles. The number of esters is 2. The molecular formula is C52H93NO8P+. The van der Waals surface area contributed by atoms with Gasteiger partial charge >= 0.3 is 19.8 Å². The Bertz CT molecular complexity index is 1280. The zero-order valence-electron chi connectivity index (χ0n) is 40.3. The molecule has 0 aliphatic heterocycles. The van der Waals surface area contributed by atoms with Crippen LogP contribution in [0.2, 0.25) is 0 Å². The highest BCUT2D eigenvalue weighted by Gasteiger charge is 2.27. The van der Waals surface area contributed by atoms with Crippen LogP contribution in [0.15, 0.2) is 72.9 Å². The lowest BCUT2D eigenvalue weighted by molar-refractivity contribution is -0.870. The van der Waals surface area contributed by atoms with E-state index in [2.05, 4.69) is 86.8 Å². The van der Waals surface area contributed by atoms with Crippen molar-refractivity contribution in [2.75, 3.05) is 47.5 Å². The van der Waals surface area contributed by atoms with Crippen molar-refractivity contribution in [3.05, 3.63) is 72.9 Å². The number of quaternary nitrogens is 1. The number of carbonyl (C=O) groups excluding carboxylic acids is 2. The van der Waals surface area contributed by atoms with Gasteiger partial charge < -0.3 is 18.9 Å². The van der Waals surface area contributed by atoms with Gasteiger partial charge in [-0.3, -0.25) is 18.6 Å². The van der Waals surface area contributed by atoms with Gasteiger partial charge in [-0.2, -0.15) is 0 Å². The second-order valence-electron chi connectivity index (χ2n) is 17.5. The topological polar surface area (TPSA) is 108 Å². The minimum atomic E-state index is -4.38. The Morgan fingerprint density at radius 1 is 0.516 bits per heavy atom. The summed E-state index contributed by atoms with van der Waals surface area (Å²) in [6.07, 6.45) is 55.2. The molecule has 0 bridgehead atoms. The fraction of sp³-hybridized carbons (Fsp3) is 0.731. The summed E-state index contributed by atoms with van der Waals surface area (Å²) in [5.41, 5.74) is 0. The molecule has 358 valence electrons. The zero-order chi connectivity index (χ0) is 45.7. The second kappa shape index (κ2) is 43.7. The number of hydrogen-bond donors (Lipinski definition) is 1. The molecule has 1 N–H and O–H groups in total. The Kier molecular flexibility index (Phi) is 41.9. The predicted octanol–water partition coefficient (Wildman–Crippen LogP) is 14.6. The molecule has 0 aliphatic rings. The molecule has 0 aromatic carbocycles.